The summed E-state index contributed by atoms with van der Waals surface area (Å²) in [6.07, 6.45) is 3.56. The van der Waals surface area contributed by atoms with Gasteiger partial charge in [0.15, 0.2) is 11.5 Å². The quantitative estimate of drug-likeness (QED) is 0.585. The zero-order valence-corrected chi connectivity index (χ0v) is 19.5. The second-order valence-corrected chi connectivity index (χ2v) is 8.84. The Morgan fingerprint density at radius 2 is 1.60 bits per heavy atom. The van der Waals surface area contributed by atoms with Crippen LogP contribution >= 0.6 is 11.8 Å². The first-order valence-electron chi connectivity index (χ1n) is 11.3. The van der Waals surface area contributed by atoms with Gasteiger partial charge in [-0.25, -0.2) is 0 Å². The van der Waals surface area contributed by atoms with Gasteiger partial charge in [0.05, 0.1) is 25.9 Å². The van der Waals surface area contributed by atoms with E-state index in [9.17, 15) is 4.79 Å². The molecular weight excluding hydrogens is 400 g/mol. The summed E-state index contributed by atoms with van der Waals surface area (Å²) < 4.78 is 17.4. The van der Waals surface area contributed by atoms with Crippen LogP contribution in [0.2, 0.25) is 0 Å². The number of nitrogens with zero attached hydrogens (tertiary/aromatic N) is 2. The smallest absolute Gasteiger partial charge is 0.254 e. The van der Waals surface area contributed by atoms with Crippen LogP contribution in [-0.4, -0.2) is 79.3 Å². The van der Waals surface area contributed by atoms with Crippen LogP contribution in [0.15, 0.2) is 12.1 Å². The number of amides is 1. The number of hydrogen-bond acceptors (Lipinski definition) is 6. The lowest BCUT2D eigenvalue weighted by atomic mass is 10.1. The highest BCUT2D eigenvalue weighted by Gasteiger charge is 2.30. The van der Waals surface area contributed by atoms with Crippen LogP contribution in [0.1, 0.15) is 50.4 Å². The van der Waals surface area contributed by atoms with Crippen LogP contribution in [0.3, 0.4) is 0 Å². The van der Waals surface area contributed by atoms with Gasteiger partial charge in [-0.05, 0) is 71.0 Å². The van der Waals surface area contributed by atoms with Crippen LogP contribution in [0.5, 0.6) is 17.2 Å². The van der Waals surface area contributed by atoms with E-state index in [1.54, 1.807) is 0 Å². The topological polar surface area (TPSA) is 51.2 Å². The largest absolute Gasteiger partial charge is 0.490 e. The van der Waals surface area contributed by atoms with E-state index in [1.165, 1.54) is 12.8 Å². The Balaban J connectivity index is 1.89. The summed E-state index contributed by atoms with van der Waals surface area (Å²) in [5, 5.41) is 0. The Morgan fingerprint density at radius 1 is 0.967 bits per heavy atom. The Labute approximate surface area is 185 Å². The number of rotatable bonds is 9. The molecule has 2 aliphatic rings. The van der Waals surface area contributed by atoms with Crippen molar-refractivity contribution in [3.05, 3.63) is 17.7 Å². The molecule has 1 atom stereocenters. The fourth-order valence-corrected chi connectivity index (χ4v) is 5.25. The number of carbonyl (C=O) groups excluding carboxylic acids is 1. The highest BCUT2D eigenvalue weighted by atomic mass is 32.2. The molecule has 168 valence electrons. The maximum absolute atomic E-state index is 13.7. The number of hydrogen-bond donors (Lipinski definition) is 0. The lowest BCUT2D eigenvalue weighted by molar-refractivity contribution is 0.0665. The molecule has 2 aliphatic heterocycles. The van der Waals surface area contributed by atoms with Crippen molar-refractivity contribution in [1.82, 2.24) is 9.80 Å². The van der Waals surface area contributed by atoms with Crippen LogP contribution in [-0.2, 0) is 0 Å². The fraction of sp³-hybridized carbons (Fsp3) is 0.696. The van der Waals surface area contributed by atoms with Crippen molar-refractivity contribution in [1.29, 1.82) is 0 Å². The zero-order chi connectivity index (χ0) is 21.3. The van der Waals surface area contributed by atoms with Crippen molar-refractivity contribution in [2.24, 2.45) is 0 Å². The predicted octanol–water partition coefficient (Wildman–Crippen LogP) is 3.93. The van der Waals surface area contributed by atoms with Crippen LogP contribution in [0, 0.1) is 0 Å². The first-order valence-corrected chi connectivity index (χ1v) is 12.5. The zero-order valence-electron chi connectivity index (χ0n) is 18.7. The number of benzene rings is 1. The van der Waals surface area contributed by atoms with Gasteiger partial charge in [-0.15, -0.1) is 0 Å². The molecule has 30 heavy (non-hydrogen) atoms. The lowest BCUT2D eigenvalue weighted by Crippen LogP contribution is -2.47. The van der Waals surface area contributed by atoms with Gasteiger partial charge in [-0.3, -0.25) is 4.79 Å². The Morgan fingerprint density at radius 3 is 2.20 bits per heavy atom. The first kappa shape index (κ1) is 23.1. The molecule has 0 bridgehead atoms. The average molecular weight is 437 g/mol. The molecule has 6 nitrogen and oxygen atoms in total. The van der Waals surface area contributed by atoms with E-state index in [0.29, 0.717) is 42.6 Å². The highest BCUT2D eigenvalue weighted by molar-refractivity contribution is 7.99. The molecule has 2 heterocycles. The maximum Gasteiger partial charge on any atom is 0.254 e. The minimum absolute atomic E-state index is 0.0617. The van der Waals surface area contributed by atoms with Crippen molar-refractivity contribution in [2.75, 3.05) is 57.5 Å². The normalized spacial score (nSPS) is 20.1. The van der Waals surface area contributed by atoms with Crippen LogP contribution in [0.25, 0.3) is 0 Å². The van der Waals surface area contributed by atoms with Gasteiger partial charge < -0.3 is 24.0 Å². The van der Waals surface area contributed by atoms with E-state index in [1.807, 2.05) is 44.7 Å². The Hall–Kier alpha value is -1.60. The number of carbonyl (C=O) groups is 1. The second-order valence-electron chi connectivity index (χ2n) is 7.69. The van der Waals surface area contributed by atoms with E-state index in [0.717, 1.165) is 44.1 Å². The van der Waals surface area contributed by atoms with Gasteiger partial charge >= 0.3 is 0 Å². The van der Waals surface area contributed by atoms with E-state index in [4.69, 9.17) is 14.2 Å². The third-order valence-electron chi connectivity index (χ3n) is 5.52. The molecule has 7 heteroatoms. The lowest BCUT2D eigenvalue weighted by Gasteiger charge is -2.33. The molecule has 0 spiro atoms. The summed E-state index contributed by atoms with van der Waals surface area (Å²) in [5.74, 6) is 3.90. The monoisotopic (exact) mass is 436 g/mol. The van der Waals surface area contributed by atoms with Crippen molar-refractivity contribution in [3.8, 4) is 17.2 Å². The summed E-state index contributed by atoms with van der Waals surface area (Å²) in [7, 11) is 0. The van der Waals surface area contributed by atoms with Crippen molar-refractivity contribution in [2.45, 2.75) is 46.1 Å². The van der Waals surface area contributed by atoms with Gasteiger partial charge in [0, 0.05) is 24.4 Å². The number of likely N-dealkylation sites (tertiary alicyclic amines) is 1. The summed E-state index contributed by atoms with van der Waals surface area (Å²) in [6.45, 7) is 11.4. The standard InChI is InChI=1S/C23H36N2O4S/c1-4-27-20-14-18(15-21(28-5-2)22(20)29-6-3)23(26)25-12-9-13-30-17-19(25)16-24-10-7-8-11-24/h14-15,19H,4-13,16-17H2,1-3H3. The van der Waals surface area contributed by atoms with Gasteiger partial charge in [0.2, 0.25) is 5.75 Å². The molecular formula is C23H36N2O4S. The van der Waals surface area contributed by atoms with Gasteiger partial charge in [-0.2, -0.15) is 11.8 Å². The first-order chi connectivity index (χ1) is 14.7. The molecule has 1 unspecified atom stereocenters. The van der Waals surface area contributed by atoms with E-state index < -0.39 is 0 Å². The summed E-state index contributed by atoms with van der Waals surface area (Å²) >= 11 is 1.97. The molecule has 1 aromatic carbocycles. The third kappa shape index (κ3) is 5.76. The van der Waals surface area contributed by atoms with E-state index >= 15 is 0 Å². The fourth-order valence-electron chi connectivity index (χ4n) is 4.19. The van der Waals surface area contributed by atoms with Gasteiger partial charge in [0.25, 0.3) is 5.91 Å². The molecule has 0 aliphatic carbocycles. The third-order valence-corrected chi connectivity index (χ3v) is 6.72. The molecule has 0 radical (unpaired) electrons. The van der Waals surface area contributed by atoms with Crippen LogP contribution in [0.4, 0.5) is 0 Å². The molecule has 2 fully saturated rings. The van der Waals surface area contributed by atoms with Crippen LogP contribution < -0.4 is 14.2 Å². The van der Waals surface area contributed by atoms with Crippen molar-refractivity contribution >= 4 is 17.7 Å². The average Bonchev–Trinajstić information content (AvgIpc) is 3.14. The van der Waals surface area contributed by atoms with E-state index in [2.05, 4.69) is 9.80 Å². The minimum atomic E-state index is 0.0617. The highest BCUT2D eigenvalue weighted by Crippen LogP contribution is 2.39. The minimum Gasteiger partial charge on any atom is -0.490 e. The summed E-state index contributed by atoms with van der Waals surface area (Å²) in [6, 6.07) is 3.88. The molecule has 0 aromatic heterocycles. The number of thioether (sulfide) groups is 1. The summed E-state index contributed by atoms with van der Waals surface area (Å²) in [4.78, 5) is 18.3. The second kappa shape index (κ2) is 11.7. The maximum atomic E-state index is 13.7. The van der Waals surface area contributed by atoms with E-state index in [-0.39, 0.29) is 11.9 Å². The van der Waals surface area contributed by atoms with Gasteiger partial charge in [0.1, 0.15) is 0 Å². The van der Waals surface area contributed by atoms with Crippen molar-refractivity contribution in [3.63, 3.8) is 0 Å². The SMILES string of the molecule is CCOc1cc(C(=O)N2CCCSCC2CN2CCCC2)cc(OCC)c1OCC. The van der Waals surface area contributed by atoms with Gasteiger partial charge in [-0.1, -0.05) is 0 Å². The molecule has 3 rings (SSSR count). The molecule has 0 saturated carbocycles. The predicted molar refractivity (Wildman–Crippen MR) is 122 cm³/mol. The molecule has 0 N–H and O–H groups in total. The van der Waals surface area contributed by atoms with Crippen molar-refractivity contribution < 1.29 is 19.0 Å². The molecule has 1 amide bonds. The number of ether oxygens (including phenoxy) is 3. The Bertz CT molecular complexity index is 667. The summed E-state index contributed by atoms with van der Waals surface area (Å²) in [5.41, 5.74) is 0.615. The Kier molecular flexibility index (Phi) is 9.00. The molecule has 1 aromatic rings. The molecule has 2 saturated heterocycles.